The van der Waals surface area contributed by atoms with E-state index < -0.39 is 0 Å². The molecule has 0 aliphatic carbocycles. The van der Waals surface area contributed by atoms with Crippen molar-refractivity contribution in [1.82, 2.24) is 4.57 Å². The second-order valence-corrected chi connectivity index (χ2v) is 8.93. The molecular formula is C31H29N2O5+. The Balaban J connectivity index is 1.48. The highest BCUT2D eigenvalue weighted by Crippen LogP contribution is 2.30. The van der Waals surface area contributed by atoms with Crippen LogP contribution in [-0.4, -0.2) is 23.9 Å². The van der Waals surface area contributed by atoms with Crippen LogP contribution in [0.4, 0.5) is 0 Å². The van der Waals surface area contributed by atoms with Gasteiger partial charge in [0, 0.05) is 6.07 Å². The Morgan fingerprint density at radius 2 is 1.58 bits per heavy atom. The van der Waals surface area contributed by atoms with Gasteiger partial charge in [-0.25, -0.2) is 4.79 Å². The third-order valence-electron chi connectivity index (χ3n) is 6.56. The van der Waals surface area contributed by atoms with Gasteiger partial charge in [-0.2, -0.15) is 8.97 Å². The molecule has 1 N–H and O–H groups in total. The molecule has 0 amide bonds. The van der Waals surface area contributed by atoms with E-state index in [4.69, 9.17) is 14.2 Å². The fraction of sp³-hybridized carbons (Fsp3) is 0.161. The van der Waals surface area contributed by atoms with Gasteiger partial charge in [-0.05, 0) is 60.5 Å². The largest absolute Gasteiger partial charge is 0.507 e. The molecule has 0 bridgehead atoms. The maximum Gasteiger partial charge on any atom is 0.341 e. The topological polar surface area (TPSA) is 74.0 Å². The number of pyridine rings is 1. The molecule has 0 saturated heterocycles. The number of benzene rings is 3. The normalized spacial score (nSPS) is 10.9. The van der Waals surface area contributed by atoms with E-state index in [0.29, 0.717) is 47.1 Å². The average Bonchev–Trinajstić information content (AvgIpc) is 2.96. The van der Waals surface area contributed by atoms with Crippen molar-refractivity contribution in [2.24, 2.45) is 0 Å². The summed E-state index contributed by atoms with van der Waals surface area (Å²) < 4.78 is 20.5. The predicted octanol–water partition coefficient (Wildman–Crippen LogP) is 4.91. The van der Waals surface area contributed by atoms with E-state index in [0.717, 1.165) is 16.9 Å². The SMILES string of the molecule is COc1ccc(COc2ccc(Cn3c(=O)c(C)c(-c4ccccc4O)[n+]4ccccc34)cc2OC)cc1. The molecule has 5 aromatic rings. The van der Waals surface area contributed by atoms with Crippen molar-refractivity contribution in [3.8, 4) is 34.3 Å². The number of aromatic hydroxyl groups is 1. The first kappa shape index (κ1) is 24.9. The molecule has 38 heavy (non-hydrogen) atoms. The Morgan fingerprint density at radius 3 is 2.32 bits per heavy atom. The van der Waals surface area contributed by atoms with Crippen LogP contribution in [0.15, 0.2) is 95.9 Å². The lowest BCUT2D eigenvalue weighted by Crippen LogP contribution is -2.38. The minimum absolute atomic E-state index is 0.125. The smallest absolute Gasteiger partial charge is 0.341 e. The molecule has 3 aromatic carbocycles. The first-order valence-electron chi connectivity index (χ1n) is 12.2. The number of phenols is 1. The van der Waals surface area contributed by atoms with Gasteiger partial charge >= 0.3 is 5.56 Å². The van der Waals surface area contributed by atoms with Crippen LogP contribution in [0.1, 0.15) is 16.7 Å². The third-order valence-corrected chi connectivity index (χ3v) is 6.56. The van der Waals surface area contributed by atoms with Crippen LogP contribution in [0.2, 0.25) is 0 Å². The van der Waals surface area contributed by atoms with Crippen LogP contribution in [0.25, 0.3) is 16.9 Å². The van der Waals surface area contributed by atoms with Gasteiger partial charge in [0.1, 0.15) is 24.7 Å². The summed E-state index contributed by atoms with van der Waals surface area (Å²) in [7, 11) is 3.24. The summed E-state index contributed by atoms with van der Waals surface area (Å²) >= 11 is 0. The van der Waals surface area contributed by atoms with E-state index in [1.165, 1.54) is 0 Å². The van der Waals surface area contributed by atoms with Crippen LogP contribution in [0, 0.1) is 6.92 Å². The number of nitrogens with zero attached hydrogens (tertiary/aromatic N) is 2. The van der Waals surface area contributed by atoms with Crippen molar-refractivity contribution in [2.45, 2.75) is 20.1 Å². The van der Waals surface area contributed by atoms with Crippen molar-refractivity contribution < 1.29 is 23.7 Å². The van der Waals surface area contributed by atoms with E-state index in [2.05, 4.69) is 0 Å². The molecule has 2 heterocycles. The number of methoxy groups -OCH3 is 2. The van der Waals surface area contributed by atoms with Gasteiger partial charge in [-0.3, -0.25) is 0 Å². The number of para-hydroxylation sites is 1. The van der Waals surface area contributed by atoms with Gasteiger partial charge in [0.25, 0.3) is 5.65 Å². The van der Waals surface area contributed by atoms with Crippen molar-refractivity contribution in [3.63, 3.8) is 0 Å². The predicted molar refractivity (Wildman–Crippen MR) is 145 cm³/mol. The fourth-order valence-electron chi connectivity index (χ4n) is 4.59. The number of fused-ring (bicyclic) bond motifs is 1. The number of rotatable bonds is 8. The molecule has 0 aliphatic heterocycles. The minimum atomic E-state index is -0.131. The lowest BCUT2D eigenvalue weighted by Gasteiger charge is -2.14. The van der Waals surface area contributed by atoms with Crippen LogP contribution >= 0.6 is 0 Å². The van der Waals surface area contributed by atoms with Gasteiger partial charge in [-0.1, -0.05) is 36.4 Å². The minimum Gasteiger partial charge on any atom is -0.507 e. The molecular weight excluding hydrogens is 480 g/mol. The molecule has 0 atom stereocenters. The molecule has 7 nitrogen and oxygen atoms in total. The zero-order valence-corrected chi connectivity index (χ0v) is 21.5. The molecule has 7 heteroatoms. The van der Waals surface area contributed by atoms with Crippen molar-refractivity contribution >= 4 is 5.65 Å². The maximum atomic E-state index is 13.6. The Morgan fingerprint density at radius 1 is 0.842 bits per heavy atom. The molecule has 0 saturated carbocycles. The summed E-state index contributed by atoms with van der Waals surface area (Å²) in [6.07, 6.45) is 1.90. The molecule has 0 unspecified atom stereocenters. The Labute approximate surface area is 220 Å². The zero-order chi connectivity index (χ0) is 26.6. The first-order valence-corrected chi connectivity index (χ1v) is 12.2. The number of hydrogen-bond donors (Lipinski definition) is 1. The monoisotopic (exact) mass is 509 g/mol. The van der Waals surface area contributed by atoms with Gasteiger partial charge in [0.2, 0.25) is 0 Å². The summed E-state index contributed by atoms with van der Waals surface area (Å²) in [6, 6.07) is 26.1. The lowest BCUT2D eigenvalue weighted by atomic mass is 10.1. The number of ether oxygens (including phenoxy) is 3. The maximum absolute atomic E-state index is 13.6. The van der Waals surface area contributed by atoms with E-state index in [1.54, 1.807) is 37.8 Å². The van der Waals surface area contributed by atoms with Gasteiger partial charge < -0.3 is 19.3 Å². The van der Waals surface area contributed by atoms with Gasteiger partial charge in [0.05, 0.1) is 31.5 Å². The van der Waals surface area contributed by atoms with E-state index in [-0.39, 0.29) is 11.3 Å². The molecule has 0 aliphatic rings. The van der Waals surface area contributed by atoms with Crippen molar-refractivity contribution in [3.05, 3.63) is 118 Å². The fourth-order valence-corrected chi connectivity index (χ4v) is 4.59. The first-order chi connectivity index (χ1) is 18.5. The van der Waals surface area contributed by atoms with E-state index in [1.807, 2.05) is 83.4 Å². The molecule has 0 fully saturated rings. The number of phenolic OH excluding ortho intramolecular Hbond substituents is 1. The summed E-state index contributed by atoms with van der Waals surface area (Å²) in [6.45, 7) is 2.51. The zero-order valence-electron chi connectivity index (χ0n) is 21.5. The highest BCUT2D eigenvalue weighted by molar-refractivity contribution is 5.67. The highest BCUT2D eigenvalue weighted by atomic mass is 16.5. The summed E-state index contributed by atoms with van der Waals surface area (Å²) in [5.41, 5.74) is 4.29. The van der Waals surface area contributed by atoms with E-state index >= 15 is 0 Å². The summed E-state index contributed by atoms with van der Waals surface area (Å²) in [5.74, 6) is 2.12. The second kappa shape index (κ2) is 10.7. The molecule has 2 aromatic heterocycles. The van der Waals surface area contributed by atoms with Crippen LogP contribution in [-0.2, 0) is 13.2 Å². The molecule has 0 spiro atoms. The summed E-state index contributed by atoms with van der Waals surface area (Å²) in [4.78, 5) is 13.6. The van der Waals surface area contributed by atoms with Gasteiger partial charge in [-0.15, -0.1) is 0 Å². The number of aromatic nitrogens is 2. The average molecular weight is 510 g/mol. The molecule has 0 radical (unpaired) electrons. The van der Waals surface area contributed by atoms with Crippen LogP contribution < -0.4 is 24.2 Å². The molecule has 5 rings (SSSR count). The standard InChI is InChI=1S/C31H28N2O5/c1-21-30(25-8-4-5-9-26(25)34)32-17-7-6-10-29(32)33(31(21)35)19-23-13-16-27(28(18-23)37-3)38-20-22-11-14-24(36-2)15-12-22/h4-18H,19-20H2,1-3H3/p+1. The Hall–Kier alpha value is -4.78. The third kappa shape index (κ3) is 4.78. The Kier molecular flexibility index (Phi) is 7.00. The second-order valence-electron chi connectivity index (χ2n) is 8.93. The highest BCUT2D eigenvalue weighted by Gasteiger charge is 2.24. The van der Waals surface area contributed by atoms with E-state index in [9.17, 15) is 9.90 Å². The van der Waals surface area contributed by atoms with Crippen LogP contribution in [0.3, 0.4) is 0 Å². The lowest BCUT2D eigenvalue weighted by molar-refractivity contribution is -0.504. The summed E-state index contributed by atoms with van der Waals surface area (Å²) in [5, 5.41) is 10.5. The van der Waals surface area contributed by atoms with Crippen LogP contribution in [0.5, 0.6) is 23.0 Å². The Bertz CT molecular complexity index is 1660. The molecule has 192 valence electrons. The quantitative estimate of drug-likeness (QED) is 0.301. The van der Waals surface area contributed by atoms with Crippen molar-refractivity contribution in [1.29, 1.82) is 0 Å². The van der Waals surface area contributed by atoms with Gasteiger partial charge in [0.15, 0.2) is 17.2 Å². The number of hydrogen-bond acceptors (Lipinski definition) is 5. The van der Waals surface area contributed by atoms with Crippen molar-refractivity contribution in [2.75, 3.05) is 14.2 Å².